The lowest BCUT2D eigenvalue weighted by Gasteiger charge is -2.24. The molecule has 1 aromatic heterocycles. The van der Waals surface area contributed by atoms with Crippen molar-refractivity contribution in [2.24, 2.45) is 0 Å². The molecule has 0 aliphatic carbocycles. The van der Waals surface area contributed by atoms with E-state index in [1.165, 1.54) is 0 Å². The van der Waals surface area contributed by atoms with E-state index >= 15 is 0 Å². The van der Waals surface area contributed by atoms with Gasteiger partial charge in [-0.1, -0.05) is 43.3 Å². The minimum Gasteiger partial charge on any atom is -0.395 e. The van der Waals surface area contributed by atoms with Crippen molar-refractivity contribution in [3.8, 4) is 0 Å². The maximum Gasteiger partial charge on any atom is 0.0754 e. The van der Waals surface area contributed by atoms with Crippen LogP contribution in [0, 0.1) is 0 Å². The lowest BCUT2D eigenvalue weighted by molar-refractivity contribution is 0.232. The maximum absolute atomic E-state index is 9.39. The van der Waals surface area contributed by atoms with Crippen LogP contribution in [-0.2, 0) is 0 Å². The normalized spacial score (nSPS) is 14.0. The van der Waals surface area contributed by atoms with Crippen molar-refractivity contribution in [1.29, 1.82) is 0 Å². The Hall–Kier alpha value is -1.71. The number of aromatic nitrogens is 1. The number of aliphatic hydroxyl groups is 1. The zero-order chi connectivity index (χ0) is 13.5. The maximum atomic E-state index is 9.39. The van der Waals surface area contributed by atoms with E-state index in [2.05, 4.69) is 29.4 Å². The highest BCUT2D eigenvalue weighted by Gasteiger charge is 2.18. The number of nitrogens with one attached hydrogen (secondary N) is 1. The first-order valence-electron chi connectivity index (χ1n) is 6.68. The summed E-state index contributed by atoms with van der Waals surface area (Å²) >= 11 is 0. The second-order valence-electron chi connectivity index (χ2n) is 4.55. The van der Waals surface area contributed by atoms with E-state index in [-0.39, 0.29) is 18.7 Å². The van der Waals surface area contributed by atoms with Gasteiger partial charge in [0.05, 0.1) is 18.3 Å². The van der Waals surface area contributed by atoms with Crippen LogP contribution in [0.3, 0.4) is 0 Å². The Labute approximate surface area is 114 Å². The Kier molecular flexibility index (Phi) is 5.07. The van der Waals surface area contributed by atoms with Crippen LogP contribution in [0.15, 0.2) is 54.7 Å². The fourth-order valence-electron chi connectivity index (χ4n) is 2.08. The fraction of sp³-hybridized carbons (Fsp3) is 0.312. The molecule has 100 valence electrons. The summed E-state index contributed by atoms with van der Waals surface area (Å²) in [5, 5.41) is 12.9. The van der Waals surface area contributed by atoms with Crippen LogP contribution in [0.2, 0.25) is 0 Å². The van der Waals surface area contributed by atoms with Crippen LogP contribution < -0.4 is 5.32 Å². The second kappa shape index (κ2) is 7.02. The van der Waals surface area contributed by atoms with E-state index in [9.17, 15) is 5.11 Å². The van der Waals surface area contributed by atoms with E-state index in [1.807, 2.05) is 36.4 Å². The molecule has 0 bridgehead atoms. The smallest absolute Gasteiger partial charge is 0.0754 e. The summed E-state index contributed by atoms with van der Waals surface area (Å²) in [6.45, 7) is 2.20. The van der Waals surface area contributed by atoms with Crippen molar-refractivity contribution in [3.05, 3.63) is 66.0 Å². The molecular weight excluding hydrogens is 236 g/mol. The van der Waals surface area contributed by atoms with E-state index in [4.69, 9.17) is 0 Å². The molecule has 0 saturated heterocycles. The van der Waals surface area contributed by atoms with Crippen molar-refractivity contribution in [2.45, 2.75) is 25.4 Å². The molecule has 0 amide bonds. The van der Waals surface area contributed by atoms with Crippen LogP contribution in [0.4, 0.5) is 0 Å². The molecule has 3 nitrogen and oxygen atoms in total. The first kappa shape index (κ1) is 13.7. The average molecular weight is 256 g/mol. The molecule has 1 aromatic carbocycles. The van der Waals surface area contributed by atoms with Crippen molar-refractivity contribution in [1.82, 2.24) is 10.3 Å². The Morgan fingerprint density at radius 1 is 1.11 bits per heavy atom. The summed E-state index contributed by atoms with van der Waals surface area (Å²) in [4.78, 5) is 4.43. The van der Waals surface area contributed by atoms with Gasteiger partial charge in [0, 0.05) is 12.2 Å². The predicted octanol–water partition coefficient (Wildman–Crippen LogP) is 2.53. The SMILES string of the molecule is CCC(CO)NC(c1ccccc1)c1ccccn1. The topological polar surface area (TPSA) is 45.1 Å². The van der Waals surface area contributed by atoms with Crippen molar-refractivity contribution >= 4 is 0 Å². The molecule has 19 heavy (non-hydrogen) atoms. The Balaban J connectivity index is 2.29. The quantitative estimate of drug-likeness (QED) is 0.835. The summed E-state index contributed by atoms with van der Waals surface area (Å²) < 4.78 is 0. The van der Waals surface area contributed by atoms with Gasteiger partial charge in [0.2, 0.25) is 0 Å². The third-order valence-corrected chi connectivity index (χ3v) is 3.23. The van der Waals surface area contributed by atoms with Crippen molar-refractivity contribution in [3.63, 3.8) is 0 Å². The number of benzene rings is 1. The van der Waals surface area contributed by atoms with Gasteiger partial charge in [0.25, 0.3) is 0 Å². The molecule has 0 fully saturated rings. The number of rotatable bonds is 6. The molecule has 2 rings (SSSR count). The van der Waals surface area contributed by atoms with E-state index in [1.54, 1.807) is 6.20 Å². The zero-order valence-corrected chi connectivity index (χ0v) is 11.2. The van der Waals surface area contributed by atoms with E-state index < -0.39 is 0 Å². The number of hydrogen-bond acceptors (Lipinski definition) is 3. The molecular formula is C16H20N2O. The molecule has 0 aliphatic rings. The molecule has 0 saturated carbocycles. The van der Waals surface area contributed by atoms with Crippen LogP contribution in [0.1, 0.15) is 30.6 Å². The van der Waals surface area contributed by atoms with Gasteiger partial charge in [-0.25, -0.2) is 0 Å². The number of aliphatic hydroxyl groups excluding tert-OH is 1. The van der Waals surface area contributed by atoms with E-state index in [0.717, 1.165) is 17.7 Å². The first-order valence-corrected chi connectivity index (χ1v) is 6.68. The average Bonchev–Trinajstić information content (AvgIpc) is 2.50. The predicted molar refractivity (Wildman–Crippen MR) is 76.8 cm³/mol. The molecule has 2 atom stereocenters. The molecule has 1 heterocycles. The monoisotopic (exact) mass is 256 g/mol. The molecule has 2 N–H and O–H groups in total. The summed E-state index contributed by atoms with van der Waals surface area (Å²) in [6.07, 6.45) is 2.68. The van der Waals surface area contributed by atoms with Gasteiger partial charge in [0.15, 0.2) is 0 Å². The van der Waals surface area contributed by atoms with Crippen LogP contribution in [0.25, 0.3) is 0 Å². The number of nitrogens with zero attached hydrogens (tertiary/aromatic N) is 1. The molecule has 2 aromatic rings. The third-order valence-electron chi connectivity index (χ3n) is 3.23. The summed E-state index contributed by atoms with van der Waals surface area (Å²) in [5.74, 6) is 0. The van der Waals surface area contributed by atoms with Gasteiger partial charge >= 0.3 is 0 Å². The van der Waals surface area contributed by atoms with Crippen molar-refractivity contribution < 1.29 is 5.11 Å². The molecule has 0 aliphatic heterocycles. The number of hydrogen-bond donors (Lipinski definition) is 2. The van der Waals surface area contributed by atoms with Gasteiger partial charge in [-0.2, -0.15) is 0 Å². The highest BCUT2D eigenvalue weighted by molar-refractivity contribution is 5.27. The highest BCUT2D eigenvalue weighted by atomic mass is 16.3. The second-order valence-corrected chi connectivity index (χ2v) is 4.55. The highest BCUT2D eigenvalue weighted by Crippen LogP contribution is 2.20. The Morgan fingerprint density at radius 3 is 2.42 bits per heavy atom. The largest absolute Gasteiger partial charge is 0.395 e. The van der Waals surface area contributed by atoms with Crippen LogP contribution in [-0.4, -0.2) is 22.7 Å². The zero-order valence-electron chi connectivity index (χ0n) is 11.2. The minimum absolute atomic E-state index is 0.0134. The summed E-state index contributed by atoms with van der Waals surface area (Å²) in [6, 6.07) is 16.2. The Morgan fingerprint density at radius 2 is 1.84 bits per heavy atom. The van der Waals surface area contributed by atoms with Gasteiger partial charge < -0.3 is 5.11 Å². The van der Waals surface area contributed by atoms with Gasteiger partial charge in [-0.05, 0) is 24.1 Å². The van der Waals surface area contributed by atoms with Crippen LogP contribution in [0.5, 0.6) is 0 Å². The molecule has 0 radical (unpaired) electrons. The summed E-state index contributed by atoms with van der Waals surface area (Å²) in [7, 11) is 0. The fourth-order valence-corrected chi connectivity index (χ4v) is 2.08. The minimum atomic E-state index is 0.0134. The molecule has 0 spiro atoms. The van der Waals surface area contributed by atoms with Crippen molar-refractivity contribution in [2.75, 3.05) is 6.61 Å². The van der Waals surface area contributed by atoms with Crippen LogP contribution >= 0.6 is 0 Å². The summed E-state index contributed by atoms with van der Waals surface area (Å²) in [5.41, 5.74) is 2.13. The molecule has 2 unspecified atom stereocenters. The lowest BCUT2D eigenvalue weighted by atomic mass is 10.0. The lowest BCUT2D eigenvalue weighted by Crippen LogP contribution is -2.36. The Bertz CT molecular complexity index is 429. The standard InChI is InChI=1S/C16H20N2O/c1-2-14(12-19)18-16(13-8-4-3-5-9-13)15-10-6-7-11-17-15/h3-11,14,16,18-19H,2,12H2,1H3. The molecule has 3 heteroatoms. The number of pyridine rings is 1. The van der Waals surface area contributed by atoms with Gasteiger partial charge in [0.1, 0.15) is 0 Å². The first-order chi connectivity index (χ1) is 9.35. The third kappa shape index (κ3) is 3.63. The van der Waals surface area contributed by atoms with E-state index in [0.29, 0.717) is 0 Å². The van der Waals surface area contributed by atoms with Gasteiger partial charge in [-0.3, -0.25) is 10.3 Å². The van der Waals surface area contributed by atoms with Gasteiger partial charge in [-0.15, -0.1) is 0 Å².